The summed E-state index contributed by atoms with van der Waals surface area (Å²) >= 11 is 0. The first-order valence-corrected chi connectivity index (χ1v) is 8.09. The zero-order valence-corrected chi connectivity index (χ0v) is 13.5. The molecule has 0 aromatic carbocycles. The van der Waals surface area contributed by atoms with Crippen LogP contribution >= 0.6 is 0 Å². The minimum atomic E-state index is -0.362. The van der Waals surface area contributed by atoms with Gasteiger partial charge in [-0.15, -0.1) is 0 Å². The minimum absolute atomic E-state index is 0.0627. The number of nitrogens with two attached hydrogens (primary N) is 1. The maximum Gasteiger partial charge on any atom is 0.270 e. The smallest absolute Gasteiger partial charge is 0.270 e. The van der Waals surface area contributed by atoms with Crippen LogP contribution in [0.4, 0.5) is 0 Å². The number of hydrogen-bond acceptors (Lipinski definition) is 4. The van der Waals surface area contributed by atoms with Crippen LogP contribution in [-0.4, -0.2) is 72.1 Å². The lowest BCUT2D eigenvalue weighted by molar-refractivity contribution is -0.119. The van der Waals surface area contributed by atoms with E-state index in [1.807, 2.05) is 35.2 Å². The first-order valence-electron chi connectivity index (χ1n) is 8.09. The van der Waals surface area contributed by atoms with E-state index < -0.39 is 0 Å². The van der Waals surface area contributed by atoms with E-state index in [0.29, 0.717) is 32.3 Å². The Balaban J connectivity index is 1.60. The monoisotopic (exact) mass is 320 g/mol. The molecule has 1 saturated carbocycles. The van der Waals surface area contributed by atoms with Crippen molar-refractivity contribution < 1.29 is 14.3 Å². The van der Waals surface area contributed by atoms with E-state index in [-0.39, 0.29) is 24.5 Å². The third-order valence-electron chi connectivity index (χ3n) is 4.31. The molecule has 0 bridgehead atoms. The summed E-state index contributed by atoms with van der Waals surface area (Å²) in [5.41, 5.74) is 5.96. The van der Waals surface area contributed by atoms with Gasteiger partial charge in [0.1, 0.15) is 5.69 Å². The van der Waals surface area contributed by atoms with E-state index >= 15 is 0 Å². The van der Waals surface area contributed by atoms with Crippen molar-refractivity contribution in [3.05, 3.63) is 24.0 Å². The number of nitrogens with zero attached hydrogens (tertiary/aromatic N) is 3. The third-order valence-corrected chi connectivity index (χ3v) is 4.31. The molecule has 3 rings (SSSR count). The van der Waals surface area contributed by atoms with Gasteiger partial charge >= 0.3 is 0 Å². The van der Waals surface area contributed by atoms with Crippen molar-refractivity contribution in [2.24, 2.45) is 5.73 Å². The van der Waals surface area contributed by atoms with Crippen LogP contribution in [0.15, 0.2) is 18.3 Å². The quantitative estimate of drug-likeness (QED) is 0.805. The minimum Gasteiger partial charge on any atom is -0.373 e. The fourth-order valence-electron chi connectivity index (χ4n) is 3.10. The van der Waals surface area contributed by atoms with Gasteiger partial charge < -0.3 is 19.9 Å². The number of ether oxygens (including phenoxy) is 1. The fourth-order valence-corrected chi connectivity index (χ4v) is 3.10. The summed E-state index contributed by atoms with van der Waals surface area (Å²) in [6, 6.07) is 4.32. The van der Waals surface area contributed by atoms with Crippen molar-refractivity contribution >= 4 is 11.8 Å². The average molecular weight is 320 g/mol. The zero-order valence-electron chi connectivity index (χ0n) is 13.5. The predicted octanol–water partition coefficient (Wildman–Crippen LogP) is 0.0811. The summed E-state index contributed by atoms with van der Waals surface area (Å²) < 4.78 is 7.81. The lowest BCUT2D eigenvalue weighted by Crippen LogP contribution is -2.50. The molecule has 1 aliphatic carbocycles. The molecule has 1 aromatic heterocycles. The summed E-state index contributed by atoms with van der Waals surface area (Å²) in [7, 11) is 1.83. The molecule has 23 heavy (non-hydrogen) atoms. The number of aromatic nitrogens is 1. The Morgan fingerprint density at radius 1 is 1.43 bits per heavy atom. The van der Waals surface area contributed by atoms with Crippen LogP contribution < -0.4 is 5.73 Å². The highest BCUT2D eigenvalue weighted by molar-refractivity contribution is 5.93. The largest absolute Gasteiger partial charge is 0.373 e. The molecule has 1 aromatic rings. The number of likely N-dealkylation sites (N-methyl/N-ethyl adjacent to an activating group) is 1. The predicted molar refractivity (Wildman–Crippen MR) is 85.0 cm³/mol. The van der Waals surface area contributed by atoms with Crippen LogP contribution in [-0.2, 0) is 9.53 Å². The summed E-state index contributed by atoms with van der Waals surface area (Å²) in [5.74, 6) is -0.300. The van der Waals surface area contributed by atoms with Crippen LogP contribution in [0.2, 0.25) is 0 Å². The van der Waals surface area contributed by atoms with Gasteiger partial charge in [0.05, 0.1) is 19.3 Å². The Morgan fingerprint density at radius 2 is 2.22 bits per heavy atom. The first kappa shape index (κ1) is 16.0. The van der Waals surface area contributed by atoms with Gasteiger partial charge in [0.15, 0.2) is 0 Å². The summed E-state index contributed by atoms with van der Waals surface area (Å²) in [6.45, 7) is 2.43. The van der Waals surface area contributed by atoms with Crippen LogP contribution in [0.1, 0.15) is 29.4 Å². The van der Waals surface area contributed by atoms with Crippen molar-refractivity contribution in [1.29, 1.82) is 0 Å². The number of hydrogen-bond donors (Lipinski definition) is 1. The number of amides is 2. The molecule has 1 aliphatic heterocycles. The van der Waals surface area contributed by atoms with E-state index in [0.717, 1.165) is 18.5 Å². The number of primary amides is 1. The second-order valence-electron chi connectivity index (χ2n) is 6.44. The van der Waals surface area contributed by atoms with Crippen LogP contribution in [0.3, 0.4) is 0 Å². The molecule has 0 radical (unpaired) electrons. The summed E-state index contributed by atoms with van der Waals surface area (Å²) in [4.78, 5) is 27.4. The van der Waals surface area contributed by atoms with Gasteiger partial charge in [-0.25, -0.2) is 0 Å². The second-order valence-corrected chi connectivity index (χ2v) is 6.44. The van der Waals surface area contributed by atoms with Crippen molar-refractivity contribution in [3.63, 3.8) is 0 Å². The second kappa shape index (κ2) is 6.72. The van der Waals surface area contributed by atoms with Crippen molar-refractivity contribution in [2.75, 3.05) is 39.8 Å². The van der Waals surface area contributed by atoms with E-state index in [4.69, 9.17) is 10.5 Å². The van der Waals surface area contributed by atoms with Crippen molar-refractivity contribution in [2.45, 2.75) is 25.0 Å². The van der Waals surface area contributed by atoms with E-state index in [9.17, 15) is 9.59 Å². The highest BCUT2D eigenvalue weighted by atomic mass is 16.5. The Hall–Kier alpha value is -1.86. The maximum absolute atomic E-state index is 12.8. The third kappa shape index (κ3) is 3.92. The fraction of sp³-hybridized carbons (Fsp3) is 0.625. The van der Waals surface area contributed by atoms with Gasteiger partial charge in [-0.1, -0.05) is 0 Å². The molecule has 2 heterocycles. The van der Waals surface area contributed by atoms with Gasteiger partial charge in [0, 0.05) is 31.9 Å². The molecule has 1 saturated heterocycles. The van der Waals surface area contributed by atoms with Gasteiger partial charge in [0.2, 0.25) is 5.91 Å². The summed E-state index contributed by atoms with van der Waals surface area (Å²) in [5, 5.41) is 0. The number of rotatable bonds is 6. The SMILES string of the molecule is CN(CC(N)=O)CC1CN(C(=O)c2cccn2C2CC2)CCO1. The van der Waals surface area contributed by atoms with E-state index in [2.05, 4.69) is 4.57 Å². The molecule has 126 valence electrons. The van der Waals surface area contributed by atoms with E-state index in [1.54, 1.807) is 0 Å². The van der Waals surface area contributed by atoms with Gasteiger partial charge in [-0.2, -0.15) is 0 Å². The van der Waals surface area contributed by atoms with Crippen molar-refractivity contribution in [3.8, 4) is 0 Å². The lowest BCUT2D eigenvalue weighted by atomic mass is 10.2. The number of carbonyl (C=O) groups excluding carboxylic acids is 2. The lowest BCUT2D eigenvalue weighted by Gasteiger charge is -2.34. The molecule has 2 amide bonds. The molecule has 7 heteroatoms. The molecule has 0 spiro atoms. The molecule has 2 N–H and O–H groups in total. The maximum atomic E-state index is 12.8. The zero-order chi connectivity index (χ0) is 16.4. The molecular formula is C16H24N4O3. The molecular weight excluding hydrogens is 296 g/mol. The van der Waals surface area contributed by atoms with Crippen LogP contribution in [0.5, 0.6) is 0 Å². The Morgan fingerprint density at radius 3 is 2.91 bits per heavy atom. The van der Waals surface area contributed by atoms with Gasteiger partial charge in [-0.05, 0) is 32.0 Å². The average Bonchev–Trinajstić information content (AvgIpc) is 3.23. The first-order chi connectivity index (χ1) is 11.0. The number of morpholine rings is 1. The molecule has 1 unspecified atom stereocenters. The highest BCUT2D eigenvalue weighted by Crippen LogP contribution is 2.36. The molecule has 1 atom stereocenters. The standard InChI is InChI=1S/C16H24N4O3/c1-18(11-15(17)21)9-13-10-19(7-8-23-13)16(22)14-3-2-6-20(14)12-4-5-12/h2-3,6,12-13H,4-5,7-11H2,1H3,(H2,17,21). The summed E-state index contributed by atoms with van der Waals surface area (Å²) in [6.07, 6.45) is 4.20. The molecule has 2 aliphatic rings. The van der Waals surface area contributed by atoms with Gasteiger partial charge in [-0.3, -0.25) is 14.5 Å². The Bertz CT molecular complexity index is 582. The normalized spacial score (nSPS) is 21.7. The van der Waals surface area contributed by atoms with Gasteiger partial charge in [0.25, 0.3) is 5.91 Å². The van der Waals surface area contributed by atoms with Crippen LogP contribution in [0.25, 0.3) is 0 Å². The topological polar surface area (TPSA) is 80.8 Å². The van der Waals surface area contributed by atoms with E-state index in [1.165, 1.54) is 0 Å². The Kier molecular flexibility index (Phi) is 4.68. The van der Waals surface area contributed by atoms with Crippen LogP contribution in [0, 0.1) is 0 Å². The Labute approximate surface area is 136 Å². The number of carbonyl (C=O) groups is 2. The molecule has 7 nitrogen and oxygen atoms in total. The van der Waals surface area contributed by atoms with Crippen molar-refractivity contribution in [1.82, 2.24) is 14.4 Å². The molecule has 2 fully saturated rings. The highest BCUT2D eigenvalue weighted by Gasteiger charge is 2.31.